The highest BCUT2D eigenvalue weighted by molar-refractivity contribution is 6.10. The van der Waals surface area contributed by atoms with Crippen LogP contribution in [0.2, 0.25) is 0 Å². The Labute approximate surface area is 113 Å². The summed E-state index contributed by atoms with van der Waals surface area (Å²) in [6.07, 6.45) is 3.26. The van der Waals surface area contributed by atoms with Gasteiger partial charge in [0.25, 0.3) is 0 Å². The summed E-state index contributed by atoms with van der Waals surface area (Å²) < 4.78 is 0. The largest absolute Gasteiger partial charge is 0.329 e. The van der Waals surface area contributed by atoms with Crippen molar-refractivity contribution >= 4 is 16.7 Å². The van der Waals surface area contributed by atoms with E-state index in [0.29, 0.717) is 6.54 Å². The van der Waals surface area contributed by atoms with Crippen LogP contribution in [0.4, 0.5) is 0 Å². The van der Waals surface area contributed by atoms with Gasteiger partial charge in [0.05, 0.1) is 5.52 Å². The number of Topliss-reactive ketones (excluding diaryl/α,β-unsaturated/α-hetero) is 1. The Hall–Kier alpha value is -1.74. The Morgan fingerprint density at radius 2 is 1.95 bits per heavy atom. The second-order valence-electron chi connectivity index (χ2n) is 4.90. The molecular formula is C16H20N2O. The molecule has 0 aliphatic carbocycles. The van der Waals surface area contributed by atoms with Gasteiger partial charge in [-0.1, -0.05) is 32.0 Å². The first-order chi connectivity index (χ1) is 9.18. The van der Waals surface area contributed by atoms with Crippen LogP contribution >= 0.6 is 0 Å². The van der Waals surface area contributed by atoms with Crippen molar-refractivity contribution < 1.29 is 4.79 Å². The number of nitrogens with zero attached hydrogens (tertiary/aromatic N) is 1. The first-order valence-corrected chi connectivity index (χ1v) is 6.77. The van der Waals surface area contributed by atoms with Gasteiger partial charge in [-0.15, -0.1) is 0 Å². The maximum Gasteiger partial charge on any atom is 0.170 e. The molecule has 0 fully saturated rings. The van der Waals surface area contributed by atoms with Crippen LogP contribution in [0.1, 0.15) is 37.0 Å². The van der Waals surface area contributed by atoms with Gasteiger partial charge in [0.15, 0.2) is 5.78 Å². The molecule has 3 heteroatoms. The lowest BCUT2D eigenvalue weighted by Crippen LogP contribution is -2.37. The fourth-order valence-electron chi connectivity index (χ4n) is 2.54. The number of ketones is 1. The number of pyridine rings is 1. The number of aromatic nitrogens is 1. The van der Waals surface area contributed by atoms with E-state index >= 15 is 0 Å². The molecule has 3 nitrogen and oxygen atoms in total. The summed E-state index contributed by atoms with van der Waals surface area (Å²) in [6, 6.07) is 9.49. The zero-order valence-corrected chi connectivity index (χ0v) is 11.5. The normalized spacial score (nSPS) is 11.7. The molecule has 0 aliphatic rings. The van der Waals surface area contributed by atoms with E-state index in [2.05, 4.69) is 4.98 Å². The monoisotopic (exact) mass is 256 g/mol. The standard InChI is InChI=1S/C16H20N2O/c1-3-16(4-2,11-17)15(19)13-7-5-9-14-12(13)8-6-10-18-14/h5-10H,3-4,11,17H2,1-2H3. The second kappa shape index (κ2) is 5.49. The first kappa shape index (κ1) is 13.7. The van der Waals surface area contributed by atoms with E-state index in [1.807, 2.05) is 44.2 Å². The Balaban J connectivity index is 2.58. The second-order valence-corrected chi connectivity index (χ2v) is 4.90. The van der Waals surface area contributed by atoms with Crippen molar-refractivity contribution in [1.29, 1.82) is 0 Å². The molecule has 0 amide bonds. The molecule has 0 bridgehead atoms. The number of benzene rings is 1. The third-order valence-electron chi connectivity index (χ3n) is 4.12. The third-order valence-corrected chi connectivity index (χ3v) is 4.12. The minimum absolute atomic E-state index is 0.138. The van der Waals surface area contributed by atoms with Crippen LogP contribution in [0.15, 0.2) is 36.5 Å². The van der Waals surface area contributed by atoms with Gasteiger partial charge in [-0.05, 0) is 25.0 Å². The molecule has 0 aliphatic heterocycles. The van der Waals surface area contributed by atoms with E-state index < -0.39 is 5.41 Å². The van der Waals surface area contributed by atoms with Crippen molar-refractivity contribution in [2.45, 2.75) is 26.7 Å². The predicted octanol–water partition coefficient (Wildman–Crippen LogP) is 3.18. The van der Waals surface area contributed by atoms with Crippen LogP contribution in [-0.4, -0.2) is 17.3 Å². The highest BCUT2D eigenvalue weighted by Gasteiger charge is 2.34. The summed E-state index contributed by atoms with van der Waals surface area (Å²) in [5.74, 6) is 0.138. The van der Waals surface area contributed by atoms with Crippen molar-refractivity contribution in [3.63, 3.8) is 0 Å². The molecule has 0 atom stereocenters. The van der Waals surface area contributed by atoms with Crippen molar-refractivity contribution in [3.05, 3.63) is 42.1 Å². The van der Waals surface area contributed by atoms with Gasteiger partial charge >= 0.3 is 0 Å². The Morgan fingerprint density at radius 1 is 1.21 bits per heavy atom. The topological polar surface area (TPSA) is 56.0 Å². The summed E-state index contributed by atoms with van der Waals surface area (Å²) in [4.78, 5) is 17.2. The van der Waals surface area contributed by atoms with E-state index in [1.54, 1.807) is 6.20 Å². The highest BCUT2D eigenvalue weighted by atomic mass is 16.1. The van der Waals surface area contributed by atoms with Gasteiger partial charge in [-0.25, -0.2) is 0 Å². The molecule has 1 heterocycles. The van der Waals surface area contributed by atoms with Crippen molar-refractivity contribution in [2.24, 2.45) is 11.1 Å². The predicted molar refractivity (Wildman–Crippen MR) is 78.1 cm³/mol. The molecule has 1 aromatic carbocycles. The molecule has 0 saturated heterocycles. The number of rotatable bonds is 5. The average Bonchev–Trinajstić information content (AvgIpc) is 2.49. The van der Waals surface area contributed by atoms with Gasteiger partial charge in [-0.3, -0.25) is 9.78 Å². The van der Waals surface area contributed by atoms with E-state index in [9.17, 15) is 4.79 Å². The zero-order valence-electron chi connectivity index (χ0n) is 11.5. The van der Waals surface area contributed by atoms with E-state index in [0.717, 1.165) is 29.3 Å². The van der Waals surface area contributed by atoms with Gasteiger partial charge < -0.3 is 5.73 Å². The summed E-state index contributed by atoms with van der Waals surface area (Å²) >= 11 is 0. The third kappa shape index (κ3) is 2.26. The van der Waals surface area contributed by atoms with E-state index in [4.69, 9.17) is 5.73 Å². The quantitative estimate of drug-likeness (QED) is 0.836. The lowest BCUT2D eigenvalue weighted by molar-refractivity contribution is 0.0789. The lowest BCUT2D eigenvalue weighted by atomic mass is 9.75. The van der Waals surface area contributed by atoms with Crippen molar-refractivity contribution in [3.8, 4) is 0 Å². The SMILES string of the molecule is CCC(CC)(CN)C(=O)c1cccc2ncccc12. The fraction of sp³-hybridized carbons (Fsp3) is 0.375. The number of fused-ring (bicyclic) bond motifs is 1. The van der Waals surface area contributed by atoms with Crippen LogP contribution in [0.5, 0.6) is 0 Å². The number of hydrogen-bond acceptors (Lipinski definition) is 3. The molecular weight excluding hydrogens is 236 g/mol. The maximum absolute atomic E-state index is 12.9. The van der Waals surface area contributed by atoms with E-state index in [1.165, 1.54) is 0 Å². The molecule has 2 aromatic rings. The Kier molecular flexibility index (Phi) is 3.96. The summed E-state index contributed by atoms with van der Waals surface area (Å²) in [6.45, 7) is 4.44. The Bertz CT molecular complexity index is 575. The molecule has 2 rings (SSSR count). The van der Waals surface area contributed by atoms with Gasteiger partial charge in [0.2, 0.25) is 0 Å². The van der Waals surface area contributed by atoms with Crippen molar-refractivity contribution in [1.82, 2.24) is 4.98 Å². The highest BCUT2D eigenvalue weighted by Crippen LogP contribution is 2.32. The smallest absolute Gasteiger partial charge is 0.170 e. The number of carbonyl (C=O) groups is 1. The number of carbonyl (C=O) groups excluding carboxylic acids is 1. The van der Waals surface area contributed by atoms with Crippen LogP contribution < -0.4 is 5.73 Å². The van der Waals surface area contributed by atoms with Crippen molar-refractivity contribution in [2.75, 3.05) is 6.54 Å². The average molecular weight is 256 g/mol. The fourth-order valence-corrected chi connectivity index (χ4v) is 2.54. The van der Waals surface area contributed by atoms with Crippen LogP contribution in [0.25, 0.3) is 10.9 Å². The number of hydrogen-bond donors (Lipinski definition) is 1. The van der Waals surface area contributed by atoms with Crippen LogP contribution in [-0.2, 0) is 0 Å². The number of nitrogens with two attached hydrogens (primary N) is 1. The van der Waals surface area contributed by atoms with E-state index in [-0.39, 0.29) is 5.78 Å². The van der Waals surface area contributed by atoms with Gasteiger partial charge in [0, 0.05) is 29.1 Å². The van der Waals surface area contributed by atoms with Crippen LogP contribution in [0, 0.1) is 5.41 Å². The van der Waals surface area contributed by atoms with Gasteiger partial charge in [-0.2, -0.15) is 0 Å². The minimum atomic E-state index is -0.454. The first-order valence-electron chi connectivity index (χ1n) is 6.77. The molecule has 0 radical (unpaired) electrons. The molecule has 0 saturated carbocycles. The molecule has 100 valence electrons. The Morgan fingerprint density at radius 3 is 2.58 bits per heavy atom. The summed E-state index contributed by atoms with van der Waals surface area (Å²) in [5.41, 5.74) is 7.01. The summed E-state index contributed by atoms with van der Waals surface area (Å²) in [5, 5.41) is 0.912. The molecule has 0 spiro atoms. The van der Waals surface area contributed by atoms with Gasteiger partial charge in [0.1, 0.15) is 0 Å². The zero-order chi connectivity index (χ0) is 13.9. The molecule has 0 unspecified atom stereocenters. The lowest BCUT2D eigenvalue weighted by Gasteiger charge is -2.28. The molecule has 2 N–H and O–H groups in total. The van der Waals surface area contributed by atoms with Crippen LogP contribution in [0.3, 0.4) is 0 Å². The molecule has 1 aromatic heterocycles. The maximum atomic E-state index is 12.9. The minimum Gasteiger partial charge on any atom is -0.329 e. The summed E-state index contributed by atoms with van der Waals surface area (Å²) in [7, 11) is 0. The molecule has 19 heavy (non-hydrogen) atoms.